The highest BCUT2D eigenvalue weighted by atomic mass is 32.2. The van der Waals surface area contributed by atoms with Crippen molar-refractivity contribution in [3.63, 3.8) is 0 Å². The second kappa shape index (κ2) is 10.0. The van der Waals surface area contributed by atoms with Crippen LogP contribution in [0.1, 0.15) is 25.9 Å². The minimum Gasteiger partial charge on any atom is -0.346 e. The molecule has 1 fully saturated rings. The van der Waals surface area contributed by atoms with Gasteiger partial charge in [-0.1, -0.05) is 41.2 Å². The number of carbonyl (C=O) groups excluding carboxylic acids is 1. The number of nitrogens with zero attached hydrogens (tertiary/aromatic N) is 4. The van der Waals surface area contributed by atoms with Gasteiger partial charge in [0.25, 0.3) is 5.91 Å². The maximum Gasteiger partial charge on any atom is 0.282 e. The average molecular weight is 490 g/mol. The number of hydrogen-bond donors (Lipinski definition) is 1. The maximum absolute atomic E-state index is 13.0. The quantitative estimate of drug-likeness (QED) is 0.548. The summed E-state index contributed by atoms with van der Waals surface area (Å²) in [6, 6.07) is 12.8. The molecule has 0 spiro atoms. The van der Waals surface area contributed by atoms with Gasteiger partial charge >= 0.3 is 0 Å². The number of hydrogen-bond acceptors (Lipinski definition) is 7. The molecule has 1 amide bonds. The fourth-order valence-corrected chi connectivity index (χ4v) is 5.67. The maximum atomic E-state index is 13.0. The standard InChI is InChI=1S/C22H24FN5O3S2/c1-16-2-8-19(9-3-16)33(30,31)28-12-10-27(11-13-28)15-20-25-26-22(32-20)21(29)24-14-17-4-6-18(23)7-5-17/h2-9H,10-15H2,1H3,(H,24,29). The summed E-state index contributed by atoms with van der Waals surface area (Å²) in [5, 5.41) is 11.8. The van der Waals surface area contributed by atoms with Crippen molar-refractivity contribution < 1.29 is 17.6 Å². The lowest BCUT2D eigenvalue weighted by atomic mass is 10.2. The van der Waals surface area contributed by atoms with Gasteiger partial charge in [-0.05, 0) is 36.8 Å². The molecule has 33 heavy (non-hydrogen) atoms. The lowest BCUT2D eigenvalue weighted by Gasteiger charge is -2.33. The van der Waals surface area contributed by atoms with E-state index in [1.165, 1.54) is 27.8 Å². The van der Waals surface area contributed by atoms with Crippen LogP contribution in [0.3, 0.4) is 0 Å². The zero-order chi connectivity index (χ0) is 23.4. The highest BCUT2D eigenvalue weighted by Gasteiger charge is 2.29. The molecule has 2 heterocycles. The number of aromatic nitrogens is 2. The van der Waals surface area contributed by atoms with Crippen molar-refractivity contribution in [3.8, 4) is 0 Å². The number of amides is 1. The lowest BCUT2D eigenvalue weighted by Crippen LogP contribution is -2.48. The van der Waals surface area contributed by atoms with E-state index >= 15 is 0 Å². The van der Waals surface area contributed by atoms with E-state index in [0.717, 1.165) is 11.1 Å². The summed E-state index contributed by atoms with van der Waals surface area (Å²) in [7, 11) is -3.51. The molecule has 0 unspecified atom stereocenters. The van der Waals surface area contributed by atoms with E-state index in [1.807, 2.05) is 6.92 Å². The lowest BCUT2D eigenvalue weighted by molar-refractivity contribution is 0.0950. The normalized spacial score (nSPS) is 15.5. The van der Waals surface area contributed by atoms with Gasteiger partial charge in [-0.25, -0.2) is 12.8 Å². The van der Waals surface area contributed by atoms with Crippen molar-refractivity contribution in [1.29, 1.82) is 0 Å². The van der Waals surface area contributed by atoms with Crippen LogP contribution in [0.2, 0.25) is 0 Å². The van der Waals surface area contributed by atoms with Crippen LogP contribution in [0.5, 0.6) is 0 Å². The van der Waals surface area contributed by atoms with Crippen LogP contribution in [-0.4, -0.2) is 59.9 Å². The van der Waals surface area contributed by atoms with Crippen molar-refractivity contribution in [2.45, 2.75) is 24.9 Å². The monoisotopic (exact) mass is 489 g/mol. The highest BCUT2D eigenvalue weighted by Crippen LogP contribution is 2.20. The molecule has 0 aliphatic carbocycles. The number of aryl methyl sites for hydroxylation is 1. The SMILES string of the molecule is Cc1ccc(S(=O)(=O)N2CCN(Cc3nnc(C(=O)NCc4ccc(F)cc4)s3)CC2)cc1. The molecule has 1 N–H and O–H groups in total. The number of piperazine rings is 1. The molecule has 8 nitrogen and oxygen atoms in total. The average Bonchev–Trinajstić information content (AvgIpc) is 3.28. The third kappa shape index (κ3) is 5.80. The first-order chi connectivity index (χ1) is 15.8. The van der Waals surface area contributed by atoms with Crippen LogP contribution < -0.4 is 5.32 Å². The predicted molar refractivity (Wildman–Crippen MR) is 123 cm³/mol. The Labute approximate surface area is 196 Å². The van der Waals surface area contributed by atoms with Gasteiger partial charge in [-0.15, -0.1) is 10.2 Å². The van der Waals surface area contributed by atoms with Crippen molar-refractivity contribution in [3.05, 3.63) is 75.5 Å². The molecule has 2 aromatic carbocycles. The van der Waals surface area contributed by atoms with Gasteiger partial charge < -0.3 is 5.32 Å². The Morgan fingerprint density at radius 3 is 2.36 bits per heavy atom. The number of benzene rings is 2. The van der Waals surface area contributed by atoms with E-state index in [4.69, 9.17) is 0 Å². The zero-order valence-corrected chi connectivity index (χ0v) is 19.7. The van der Waals surface area contributed by atoms with E-state index in [-0.39, 0.29) is 23.3 Å². The van der Waals surface area contributed by atoms with Crippen molar-refractivity contribution >= 4 is 27.3 Å². The first kappa shape index (κ1) is 23.4. The fourth-order valence-electron chi connectivity index (χ4n) is 3.45. The summed E-state index contributed by atoms with van der Waals surface area (Å²) >= 11 is 1.21. The third-order valence-corrected chi connectivity index (χ3v) is 8.20. The number of rotatable bonds is 7. The Bertz CT molecular complexity index is 1210. The van der Waals surface area contributed by atoms with Gasteiger partial charge in [0.2, 0.25) is 15.0 Å². The Morgan fingerprint density at radius 1 is 1.03 bits per heavy atom. The molecule has 1 aliphatic heterocycles. The Balaban J connectivity index is 1.28. The molecule has 11 heteroatoms. The van der Waals surface area contributed by atoms with Crippen molar-refractivity contribution in [2.24, 2.45) is 0 Å². The van der Waals surface area contributed by atoms with Crippen LogP contribution in [-0.2, 0) is 23.1 Å². The van der Waals surface area contributed by atoms with Crippen LogP contribution in [0.15, 0.2) is 53.4 Å². The molecular weight excluding hydrogens is 465 g/mol. The number of sulfonamides is 1. The van der Waals surface area contributed by atoms with E-state index in [0.29, 0.717) is 42.6 Å². The molecule has 0 atom stereocenters. The molecular formula is C22H24FN5O3S2. The van der Waals surface area contributed by atoms with Crippen LogP contribution in [0.4, 0.5) is 4.39 Å². The summed E-state index contributed by atoms with van der Waals surface area (Å²) in [5.41, 5.74) is 1.80. The topological polar surface area (TPSA) is 95.5 Å². The van der Waals surface area contributed by atoms with Gasteiger partial charge in [-0.3, -0.25) is 9.69 Å². The van der Waals surface area contributed by atoms with Crippen LogP contribution in [0.25, 0.3) is 0 Å². The van der Waals surface area contributed by atoms with Gasteiger partial charge in [0.05, 0.1) is 11.4 Å². The summed E-state index contributed by atoms with van der Waals surface area (Å²) in [6.45, 7) is 4.60. The van der Waals surface area contributed by atoms with Gasteiger partial charge in [0.15, 0.2) is 0 Å². The zero-order valence-electron chi connectivity index (χ0n) is 18.1. The van der Waals surface area contributed by atoms with Gasteiger partial charge in [0.1, 0.15) is 10.8 Å². The van der Waals surface area contributed by atoms with Crippen molar-refractivity contribution in [2.75, 3.05) is 26.2 Å². The summed E-state index contributed by atoms with van der Waals surface area (Å²) in [6.07, 6.45) is 0. The number of halogens is 1. The molecule has 1 saturated heterocycles. The summed E-state index contributed by atoms with van der Waals surface area (Å²) in [4.78, 5) is 14.7. The van der Waals surface area contributed by atoms with E-state index < -0.39 is 10.0 Å². The van der Waals surface area contributed by atoms with Crippen molar-refractivity contribution in [1.82, 2.24) is 24.7 Å². The molecule has 0 radical (unpaired) electrons. The van der Waals surface area contributed by atoms with Gasteiger partial charge in [-0.2, -0.15) is 4.31 Å². The summed E-state index contributed by atoms with van der Waals surface area (Å²) in [5.74, 6) is -0.662. The first-order valence-electron chi connectivity index (χ1n) is 10.5. The van der Waals surface area contributed by atoms with Crippen LogP contribution in [0, 0.1) is 12.7 Å². The second-order valence-electron chi connectivity index (χ2n) is 7.80. The van der Waals surface area contributed by atoms with E-state index in [2.05, 4.69) is 20.4 Å². The smallest absolute Gasteiger partial charge is 0.282 e. The Morgan fingerprint density at radius 2 is 1.70 bits per heavy atom. The highest BCUT2D eigenvalue weighted by molar-refractivity contribution is 7.89. The van der Waals surface area contributed by atoms with E-state index in [9.17, 15) is 17.6 Å². The van der Waals surface area contributed by atoms with Gasteiger partial charge in [0, 0.05) is 32.7 Å². The molecule has 0 saturated carbocycles. The fraction of sp³-hybridized carbons (Fsp3) is 0.318. The third-order valence-electron chi connectivity index (χ3n) is 5.38. The summed E-state index contributed by atoms with van der Waals surface area (Å²) < 4.78 is 40.2. The number of nitrogens with one attached hydrogen (secondary N) is 1. The minimum absolute atomic E-state index is 0.257. The predicted octanol–water partition coefficient (Wildman–Crippen LogP) is 2.42. The number of carbonyl (C=O) groups is 1. The first-order valence-corrected chi connectivity index (χ1v) is 12.7. The second-order valence-corrected chi connectivity index (χ2v) is 10.8. The molecule has 174 valence electrons. The molecule has 4 rings (SSSR count). The Kier molecular flexibility index (Phi) is 7.13. The molecule has 3 aromatic rings. The largest absolute Gasteiger partial charge is 0.346 e. The minimum atomic E-state index is -3.51. The molecule has 1 aliphatic rings. The molecule has 0 bridgehead atoms. The van der Waals surface area contributed by atoms with E-state index in [1.54, 1.807) is 36.4 Å². The van der Waals surface area contributed by atoms with Crippen LogP contribution >= 0.6 is 11.3 Å². The Hall–Kier alpha value is -2.73. The molecule has 1 aromatic heterocycles.